The Morgan fingerprint density at radius 1 is 1.35 bits per heavy atom. The maximum absolute atomic E-state index is 10.7. The van der Waals surface area contributed by atoms with E-state index in [0.29, 0.717) is 17.3 Å². The third-order valence-electron chi connectivity index (χ3n) is 3.56. The van der Waals surface area contributed by atoms with Gasteiger partial charge in [0.1, 0.15) is 5.75 Å². The van der Waals surface area contributed by atoms with Gasteiger partial charge in [0.2, 0.25) is 0 Å². The van der Waals surface area contributed by atoms with E-state index in [4.69, 9.17) is 0 Å². The lowest BCUT2D eigenvalue weighted by molar-refractivity contribution is 0.112. The van der Waals surface area contributed by atoms with E-state index < -0.39 is 0 Å². The van der Waals surface area contributed by atoms with E-state index in [2.05, 4.69) is 10.2 Å². The molecule has 2 fully saturated rings. The van der Waals surface area contributed by atoms with Gasteiger partial charge < -0.3 is 15.3 Å². The summed E-state index contributed by atoms with van der Waals surface area (Å²) in [4.78, 5) is 13.0. The molecular formula is C13H18N2O2. The summed E-state index contributed by atoms with van der Waals surface area (Å²) in [6.45, 7) is 4.29. The number of benzene rings is 1. The summed E-state index contributed by atoms with van der Waals surface area (Å²) in [5, 5.41) is 12.7. The average molecular weight is 234 g/mol. The van der Waals surface area contributed by atoms with E-state index in [0.717, 1.165) is 31.9 Å². The Hall–Kier alpha value is -1.55. The van der Waals surface area contributed by atoms with Crippen molar-refractivity contribution < 1.29 is 9.90 Å². The van der Waals surface area contributed by atoms with E-state index in [1.807, 2.05) is 6.07 Å². The molecule has 1 spiro atoms. The van der Waals surface area contributed by atoms with Gasteiger partial charge in [0.25, 0.3) is 0 Å². The molecule has 0 aromatic heterocycles. The molecule has 2 aliphatic heterocycles. The Morgan fingerprint density at radius 3 is 2.59 bits per heavy atom. The van der Waals surface area contributed by atoms with Crippen molar-refractivity contribution in [1.29, 1.82) is 0 Å². The summed E-state index contributed by atoms with van der Waals surface area (Å²) >= 11 is 0. The van der Waals surface area contributed by atoms with Gasteiger partial charge in [-0.05, 0) is 18.2 Å². The van der Waals surface area contributed by atoms with E-state index in [1.165, 1.54) is 0 Å². The zero-order valence-corrected chi connectivity index (χ0v) is 8.94. The van der Waals surface area contributed by atoms with Gasteiger partial charge in [-0.15, -0.1) is 0 Å². The van der Waals surface area contributed by atoms with Gasteiger partial charge in [0.05, 0.1) is 5.56 Å². The number of carbonyl (C=O) groups is 1. The van der Waals surface area contributed by atoms with Crippen LogP contribution in [0.4, 0.5) is 5.69 Å². The Kier molecular flexibility index (Phi) is 2.83. The van der Waals surface area contributed by atoms with Crippen molar-refractivity contribution in [3.63, 3.8) is 0 Å². The number of phenols is 1. The van der Waals surface area contributed by atoms with Gasteiger partial charge in [-0.1, -0.05) is 7.43 Å². The quantitative estimate of drug-likeness (QED) is 0.756. The highest BCUT2D eigenvalue weighted by Gasteiger charge is 2.47. The number of aromatic hydroxyl groups is 1. The predicted molar refractivity (Wildman–Crippen MR) is 67.7 cm³/mol. The van der Waals surface area contributed by atoms with Crippen molar-refractivity contribution in [2.24, 2.45) is 5.41 Å². The summed E-state index contributed by atoms with van der Waals surface area (Å²) < 4.78 is 0. The summed E-state index contributed by atoms with van der Waals surface area (Å²) in [6.07, 6.45) is 0.694. The first-order valence-electron chi connectivity index (χ1n) is 5.46. The second-order valence-corrected chi connectivity index (χ2v) is 4.82. The molecule has 2 aliphatic rings. The van der Waals surface area contributed by atoms with E-state index in [9.17, 15) is 9.90 Å². The van der Waals surface area contributed by atoms with Crippen LogP contribution in [0, 0.1) is 5.41 Å². The number of hydrogen-bond acceptors (Lipinski definition) is 4. The first-order chi connectivity index (χ1) is 7.72. The monoisotopic (exact) mass is 234 g/mol. The fourth-order valence-corrected chi connectivity index (χ4v) is 2.48. The van der Waals surface area contributed by atoms with Crippen LogP contribution in [0.15, 0.2) is 18.2 Å². The lowest BCUT2D eigenvalue weighted by atomic mass is 9.74. The van der Waals surface area contributed by atoms with Crippen LogP contribution >= 0.6 is 0 Å². The summed E-state index contributed by atoms with van der Waals surface area (Å²) in [6, 6.07) is 5.20. The van der Waals surface area contributed by atoms with Crippen LogP contribution in [0.3, 0.4) is 0 Å². The molecule has 92 valence electrons. The van der Waals surface area contributed by atoms with Crippen LogP contribution in [0.1, 0.15) is 17.8 Å². The number of nitrogens with one attached hydrogen (secondary N) is 1. The van der Waals surface area contributed by atoms with Crippen LogP contribution in [-0.2, 0) is 0 Å². The topological polar surface area (TPSA) is 52.6 Å². The van der Waals surface area contributed by atoms with E-state index >= 15 is 0 Å². The van der Waals surface area contributed by atoms with Crippen molar-refractivity contribution in [2.45, 2.75) is 7.43 Å². The van der Waals surface area contributed by atoms with Crippen LogP contribution in [0.2, 0.25) is 0 Å². The molecule has 2 N–H and O–H groups in total. The fraction of sp³-hybridized carbons (Fsp3) is 0.462. The number of rotatable bonds is 2. The van der Waals surface area contributed by atoms with Crippen LogP contribution in [0.25, 0.3) is 0 Å². The SMILES string of the molecule is C.O=Cc1cc(N2CC3(CNC3)C2)ccc1O. The molecule has 4 nitrogen and oxygen atoms in total. The molecule has 0 amide bonds. The molecule has 0 bridgehead atoms. The standard InChI is InChI=1S/C12H14N2O2.CH4/c15-4-9-3-10(1-2-11(9)16)14-7-12(8-14)5-13-6-12;/h1-4,13,16H,5-8H2;1H4. The summed E-state index contributed by atoms with van der Waals surface area (Å²) in [7, 11) is 0. The molecule has 0 radical (unpaired) electrons. The third kappa shape index (κ3) is 1.78. The average Bonchev–Trinajstić information content (AvgIpc) is 2.16. The molecule has 3 rings (SSSR count). The van der Waals surface area contributed by atoms with Gasteiger partial charge in [0, 0.05) is 37.3 Å². The molecule has 2 heterocycles. The molecule has 1 aromatic carbocycles. The zero-order chi connectivity index (χ0) is 11.2. The fourth-order valence-electron chi connectivity index (χ4n) is 2.48. The number of phenolic OH excluding ortho intramolecular Hbond substituents is 1. The smallest absolute Gasteiger partial charge is 0.153 e. The van der Waals surface area contributed by atoms with Gasteiger partial charge in [-0.2, -0.15) is 0 Å². The van der Waals surface area contributed by atoms with Crippen LogP contribution in [-0.4, -0.2) is 37.6 Å². The maximum Gasteiger partial charge on any atom is 0.153 e. The number of hydrogen-bond donors (Lipinski definition) is 2. The molecule has 0 unspecified atom stereocenters. The van der Waals surface area contributed by atoms with Crippen molar-refractivity contribution in [3.05, 3.63) is 23.8 Å². The third-order valence-corrected chi connectivity index (χ3v) is 3.56. The number of nitrogens with zero attached hydrogens (tertiary/aromatic N) is 1. The number of aldehydes is 1. The highest BCUT2D eigenvalue weighted by Crippen LogP contribution is 2.38. The Labute approximate surface area is 101 Å². The highest BCUT2D eigenvalue weighted by atomic mass is 16.3. The van der Waals surface area contributed by atoms with Gasteiger partial charge in [-0.3, -0.25) is 4.79 Å². The Morgan fingerprint density at radius 2 is 2.06 bits per heavy atom. The van der Waals surface area contributed by atoms with Crippen LogP contribution in [0.5, 0.6) is 5.75 Å². The van der Waals surface area contributed by atoms with Gasteiger partial charge in [0.15, 0.2) is 6.29 Å². The van der Waals surface area contributed by atoms with Crippen molar-refractivity contribution >= 4 is 12.0 Å². The van der Waals surface area contributed by atoms with Crippen molar-refractivity contribution in [1.82, 2.24) is 5.32 Å². The molecule has 1 aromatic rings. The summed E-state index contributed by atoms with van der Waals surface area (Å²) in [5.41, 5.74) is 1.86. The molecule has 0 saturated carbocycles. The highest BCUT2D eigenvalue weighted by molar-refractivity contribution is 5.81. The minimum Gasteiger partial charge on any atom is -0.507 e. The summed E-state index contributed by atoms with van der Waals surface area (Å²) in [5.74, 6) is 0.0549. The van der Waals surface area contributed by atoms with Gasteiger partial charge in [-0.25, -0.2) is 0 Å². The molecule has 0 aliphatic carbocycles. The lowest BCUT2D eigenvalue weighted by Crippen LogP contribution is -2.71. The molecule has 17 heavy (non-hydrogen) atoms. The Bertz CT molecular complexity index is 433. The van der Waals surface area contributed by atoms with Gasteiger partial charge >= 0.3 is 0 Å². The Balaban J connectivity index is 0.00000108. The molecule has 0 atom stereocenters. The minimum atomic E-state index is 0. The molecular weight excluding hydrogens is 216 g/mol. The number of anilines is 1. The van der Waals surface area contributed by atoms with Crippen molar-refractivity contribution in [2.75, 3.05) is 31.1 Å². The predicted octanol–water partition coefficient (Wildman–Crippen LogP) is 1.25. The molecule has 2 saturated heterocycles. The molecule has 4 heteroatoms. The minimum absolute atomic E-state index is 0. The largest absolute Gasteiger partial charge is 0.507 e. The first kappa shape index (κ1) is 11.9. The zero-order valence-electron chi connectivity index (χ0n) is 8.94. The number of carbonyl (C=O) groups excluding carboxylic acids is 1. The normalized spacial score (nSPS) is 20.1. The second-order valence-electron chi connectivity index (χ2n) is 4.82. The van der Waals surface area contributed by atoms with Crippen molar-refractivity contribution in [3.8, 4) is 5.75 Å². The van der Waals surface area contributed by atoms with Crippen LogP contribution < -0.4 is 10.2 Å². The first-order valence-corrected chi connectivity index (χ1v) is 5.46. The lowest BCUT2D eigenvalue weighted by Gasteiger charge is -2.57. The van der Waals surface area contributed by atoms with E-state index in [-0.39, 0.29) is 13.2 Å². The van der Waals surface area contributed by atoms with E-state index in [1.54, 1.807) is 12.1 Å². The second kappa shape index (κ2) is 4.04. The maximum atomic E-state index is 10.7.